The van der Waals surface area contributed by atoms with E-state index in [0.717, 1.165) is 31.2 Å². The molecular formula is C22H26FN3O2. The highest BCUT2D eigenvalue weighted by atomic mass is 19.1. The van der Waals surface area contributed by atoms with Crippen molar-refractivity contribution in [2.45, 2.75) is 37.1 Å². The van der Waals surface area contributed by atoms with Gasteiger partial charge in [-0.3, -0.25) is 4.79 Å². The second-order valence-corrected chi connectivity index (χ2v) is 7.28. The molecule has 3 rings (SSSR count). The lowest BCUT2D eigenvalue weighted by atomic mass is 9.79. The number of carbonyl (C=O) groups excluding carboxylic acids is 2. The van der Waals surface area contributed by atoms with Crippen molar-refractivity contribution < 1.29 is 14.0 Å². The summed E-state index contributed by atoms with van der Waals surface area (Å²) in [6.07, 6.45) is 4.03. The van der Waals surface area contributed by atoms with E-state index >= 15 is 0 Å². The van der Waals surface area contributed by atoms with Crippen molar-refractivity contribution in [3.8, 4) is 0 Å². The second kappa shape index (κ2) is 8.87. The predicted octanol–water partition coefficient (Wildman–Crippen LogP) is 3.42. The molecule has 1 saturated carbocycles. The Morgan fingerprint density at radius 2 is 1.68 bits per heavy atom. The number of urea groups is 1. The third kappa shape index (κ3) is 4.50. The molecule has 3 amide bonds. The summed E-state index contributed by atoms with van der Waals surface area (Å²) >= 11 is 0. The van der Waals surface area contributed by atoms with Crippen LogP contribution in [0.3, 0.4) is 0 Å². The number of hydrogen-bond acceptors (Lipinski definition) is 2. The molecule has 0 radical (unpaired) electrons. The van der Waals surface area contributed by atoms with Crippen LogP contribution < -0.4 is 16.0 Å². The normalized spacial score (nSPS) is 16.2. The quantitative estimate of drug-likeness (QED) is 0.715. The number of carbonyl (C=O) groups is 2. The molecule has 1 atom stereocenters. The zero-order valence-electron chi connectivity index (χ0n) is 16.0. The van der Waals surface area contributed by atoms with Crippen LogP contribution in [-0.2, 0) is 10.2 Å². The highest BCUT2D eigenvalue weighted by Crippen LogP contribution is 2.40. The fraction of sp³-hybridized carbons (Fsp3) is 0.364. The molecule has 2 aromatic carbocycles. The van der Waals surface area contributed by atoms with Crippen molar-refractivity contribution >= 4 is 11.9 Å². The fourth-order valence-corrected chi connectivity index (χ4v) is 3.94. The largest absolute Gasteiger partial charge is 0.357 e. The molecular weight excluding hydrogens is 357 g/mol. The van der Waals surface area contributed by atoms with E-state index in [4.69, 9.17) is 0 Å². The molecule has 1 fully saturated rings. The van der Waals surface area contributed by atoms with Crippen LogP contribution in [-0.4, -0.2) is 25.5 Å². The zero-order chi connectivity index (χ0) is 20.0. The molecule has 0 aromatic heterocycles. The molecule has 2 aromatic rings. The topological polar surface area (TPSA) is 70.2 Å². The van der Waals surface area contributed by atoms with Gasteiger partial charge in [0.2, 0.25) is 5.91 Å². The van der Waals surface area contributed by atoms with Gasteiger partial charge < -0.3 is 16.0 Å². The van der Waals surface area contributed by atoms with Gasteiger partial charge in [-0.15, -0.1) is 0 Å². The van der Waals surface area contributed by atoms with Gasteiger partial charge in [0.15, 0.2) is 0 Å². The molecule has 0 aliphatic heterocycles. The Hall–Kier alpha value is -2.89. The molecule has 28 heavy (non-hydrogen) atoms. The van der Waals surface area contributed by atoms with E-state index < -0.39 is 12.1 Å². The Bertz CT molecular complexity index is 802. The summed E-state index contributed by atoms with van der Waals surface area (Å²) in [6.45, 7) is 0.444. The lowest BCUT2D eigenvalue weighted by molar-refractivity contribution is -0.122. The smallest absolute Gasteiger partial charge is 0.315 e. The van der Waals surface area contributed by atoms with Crippen LogP contribution in [0.2, 0.25) is 0 Å². The average molecular weight is 383 g/mol. The van der Waals surface area contributed by atoms with E-state index in [0.29, 0.717) is 12.1 Å². The third-order valence-electron chi connectivity index (χ3n) is 5.52. The molecule has 0 heterocycles. The highest BCUT2D eigenvalue weighted by molar-refractivity contribution is 5.88. The Balaban J connectivity index is 1.69. The zero-order valence-corrected chi connectivity index (χ0v) is 16.0. The molecule has 3 N–H and O–H groups in total. The minimum absolute atomic E-state index is 0.194. The maximum Gasteiger partial charge on any atom is 0.315 e. The number of hydrogen-bond donors (Lipinski definition) is 3. The lowest BCUT2D eigenvalue weighted by Gasteiger charge is -2.30. The van der Waals surface area contributed by atoms with Crippen LogP contribution in [0.4, 0.5) is 9.18 Å². The van der Waals surface area contributed by atoms with E-state index in [2.05, 4.69) is 16.0 Å². The number of halogens is 1. The molecule has 5 nitrogen and oxygen atoms in total. The molecule has 148 valence electrons. The first-order valence-electron chi connectivity index (χ1n) is 9.61. The van der Waals surface area contributed by atoms with Gasteiger partial charge in [0.1, 0.15) is 11.9 Å². The molecule has 1 unspecified atom stereocenters. The van der Waals surface area contributed by atoms with Gasteiger partial charge in [-0.2, -0.15) is 0 Å². The van der Waals surface area contributed by atoms with Crippen LogP contribution in [0.1, 0.15) is 42.9 Å². The van der Waals surface area contributed by atoms with Gasteiger partial charge in [-0.1, -0.05) is 55.3 Å². The summed E-state index contributed by atoms with van der Waals surface area (Å²) in [5, 5.41) is 8.29. The summed E-state index contributed by atoms with van der Waals surface area (Å²) in [4.78, 5) is 24.8. The van der Waals surface area contributed by atoms with Crippen LogP contribution in [0.5, 0.6) is 0 Å². The standard InChI is InChI=1S/C22H26FN3O2/c1-24-20(27)19(16-7-3-2-4-8-16)26-21(28)25-15-22(13-5-6-14-22)17-9-11-18(23)12-10-17/h2-4,7-12,19H,5-6,13-15H2,1H3,(H,24,27)(H2,25,26,28). The molecule has 1 aliphatic carbocycles. The van der Waals surface area contributed by atoms with Gasteiger partial charge in [-0.25, -0.2) is 9.18 Å². The van der Waals surface area contributed by atoms with Crippen molar-refractivity contribution in [1.82, 2.24) is 16.0 Å². The summed E-state index contributed by atoms with van der Waals surface area (Å²) < 4.78 is 13.3. The Labute approximate surface area is 164 Å². The molecule has 0 bridgehead atoms. The van der Waals surface area contributed by atoms with Gasteiger partial charge in [-0.05, 0) is 36.1 Å². The van der Waals surface area contributed by atoms with Crippen LogP contribution in [0.15, 0.2) is 54.6 Å². The van der Waals surface area contributed by atoms with Crippen molar-refractivity contribution in [2.75, 3.05) is 13.6 Å². The molecule has 6 heteroatoms. The van der Waals surface area contributed by atoms with E-state index in [9.17, 15) is 14.0 Å². The second-order valence-electron chi connectivity index (χ2n) is 7.28. The minimum atomic E-state index is -0.767. The Morgan fingerprint density at radius 1 is 1.04 bits per heavy atom. The van der Waals surface area contributed by atoms with E-state index in [1.807, 2.05) is 18.2 Å². The number of amides is 3. The van der Waals surface area contributed by atoms with E-state index in [-0.39, 0.29) is 17.1 Å². The van der Waals surface area contributed by atoms with Crippen LogP contribution >= 0.6 is 0 Å². The predicted molar refractivity (Wildman–Crippen MR) is 106 cm³/mol. The number of nitrogens with one attached hydrogen (secondary N) is 3. The number of rotatable bonds is 6. The summed E-state index contributed by atoms with van der Waals surface area (Å²) in [7, 11) is 1.54. The Kier molecular flexibility index (Phi) is 6.29. The first-order chi connectivity index (χ1) is 13.5. The molecule has 1 aliphatic rings. The lowest BCUT2D eigenvalue weighted by Crippen LogP contribution is -2.47. The summed E-state index contributed by atoms with van der Waals surface area (Å²) in [5.41, 5.74) is 1.56. The van der Waals surface area contributed by atoms with Crippen molar-refractivity contribution in [1.29, 1.82) is 0 Å². The van der Waals surface area contributed by atoms with Gasteiger partial charge in [0.25, 0.3) is 0 Å². The number of likely N-dealkylation sites (N-methyl/N-ethyl adjacent to an activating group) is 1. The SMILES string of the molecule is CNC(=O)C(NC(=O)NCC1(c2ccc(F)cc2)CCCC1)c1ccccc1. The van der Waals surface area contributed by atoms with Crippen molar-refractivity contribution in [3.05, 3.63) is 71.5 Å². The minimum Gasteiger partial charge on any atom is -0.357 e. The molecule has 0 spiro atoms. The van der Waals surface area contributed by atoms with Crippen LogP contribution in [0, 0.1) is 5.82 Å². The maximum atomic E-state index is 13.3. The maximum absolute atomic E-state index is 13.3. The third-order valence-corrected chi connectivity index (χ3v) is 5.52. The van der Waals surface area contributed by atoms with Gasteiger partial charge in [0, 0.05) is 19.0 Å². The van der Waals surface area contributed by atoms with E-state index in [1.54, 1.807) is 31.3 Å². The van der Waals surface area contributed by atoms with Crippen LogP contribution in [0.25, 0.3) is 0 Å². The summed E-state index contributed by atoms with van der Waals surface area (Å²) in [5.74, 6) is -0.547. The van der Waals surface area contributed by atoms with Gasteiger partial charge >= 0.3 is 6.03 Å². The van der Waals surface area contributed by atoms with E-state index in [1.165, 1.54) is 12.1 Å². The fourth-order valence-electron chi connectivity index (χ4n) is 3.94. The first kappa shape index (κ1) is 19.9. The first-order valence-corrected chi connectivity index (χ1v) is 9.61. The highest BCUT2D eigenvalue weighted by Gasteiger charge is 2.36. The monoisotopic (exact) mass is 383 g/mol. The number of benzene rings is 2. The Morgan fingerprint density at radius 3 is 2.29 bits per heavy atom. The van der Waals surface area contributed by atoms with Gasteiger partial charge in [0.05, 0.1) is 0 Å². The molecule has 0 saturated heterocycles. The summed E-state index contributed by atoms with van der Waals surface area (Å²) in [6, 6.07) is 14.5. The van der Waals surface area contributed by atoms with Crippen molar-refractivity contribution in [3.63, 3.8) is 0 Å². The average Bonchev–Trinajstić information content (AvgIpc) is 3.21. The van der Waals surface area contributed by atoms with Crippen molar-refractivity contribution in [2.24, 2.45) is 0 Å².